The average molecular weight is 443 g/mol. The number of carbonyl (C=O) groups is 1. The highest BCUT2D eigenvalue weighted by Gasteiger charge is 2.35. The molecule has 1 saturated carbocycles. The first kappa shape index (κ1) is 22.4. The van der Waals surface area contributed by atoms with E-state index in [9.17, 15) is 9.18 Å². The molecule has 0 atom stereocenters. The van der Waals surface area contributed by atoms with Crippen LogP contribution < -0.4 is 4.90 Å². The van der Waals surface area contributed by atoms with Crippen LogP contribution in [0.1, 0.15) is 26.2 Å². The van der Waals surface area contributed by atoms with Gasteiger partial charge in [-0.25, -0.2) is 9.78 Å². The molecular weight excluding hydrogens is 411 g/mol. The van der Waals surface area contributed by atoms with Gasteiger partial charge < -0.3 is 14.5 Å². The molecule has 1 aliphatic carbocycles. The molecule has 172 valence electrons. The lowest BCUT2D eigenvalue weighted by Gasteiger charge is -2.47. The van der Waals surface area contributed by atoms with Gasteiger partial charge in [-0.15, -0.1) is 0 Å². The predicted molar refractivity (Wildman–Crippen MR) is 120 cm³/mol. The minimum Gasteiger partial charge on any atom is -0.450 e. The summed E-state index contributed by atoms with van der Waals surface area (Å²) in [5.74, 6) is 0.811. The highest BCUT2D eigenvalue weighted by molar-refractivity contribution is 5.72. The van der Waals surface area contributed by atoms with Crippen molar-refractivity contribution in [2.45, 2.75) is 32.2 Å². The van der Waals surface area contributed by atoms with Crippen molar-refractivity contribution in [1.82, 2.24) is 24.8 Å². The van der Waals surface area contributed by atoms with Crippen LogP contribution in [0.3, 0.4) is 0 Å². The van der Waals surface area contributed by atoms with Crippen LogP contribution in [-0.2, 0) is 4.74 Å². The smallest absolute Gasteiger partial charge is 0.409 e. The van der Waals surface area contributed by atoms with Gasteiger partial charge in [-0.3, -0.25) is 14.9 Å². The van der Waals surface area contributed by atoms with Gasteiger partial charge in [0.1, 0.15) is 5.82 Å². The number of halogens is 1. The van der Waals surface area contributed by atoms with Crippen LogP contribution >= 0.6 is 0 Å². The number of nitrogens with zero attached hydrogens (tertiary/aromatic N) is 6. The molecule has 0 bridgehead atoms. The summed E-state index contributed by atoms with van der Waals surface area (Å²) >= 11 is 0. The number of anilines is 1. The minimum atomic E-state index is -0.482. The molecule has 2 aromatic heterocycles. The first-order chi connectivity index (χ1) is 15.5. The molecule has 1 saturated heterocycles. The van der Waals surface area contributed by atoms with Gasteiger partial charge in [-0.2, -0.15) is 4.39 Å². The van der Waals surface area contributed by atoms with Gasteiger partial charge in [0.25, 0.3) is 0 Å². The Morgan fingerprint density at radius 2 is 2.00 bits per heavy atom. The molecule has 4 rings (SSSR count). The van der Waals surface area contributed by atoms with Gasteiger partial charge in [0.15, 0.2) is 0 Å². The molecule has 32 heavy (non-hydrogen) atoms. The molecule has 2 aliphatic rings. The fourth-order valence-corrected chi connectivity index (χ4v) is 4.54. The van der Waals surface area contributed by atoms with Gasteiger partial charge in [0.05, 0.1) is 18.5 Å². The first-order valence-corrected chi connectivity index (χ1v) is 11.3. The Bertz CT molecular complexity index is 901. The van der Waals surface area contributed by atoms with Crippen molar-refractivity contribution in [2.75, 3.05) is 51.3 Å². The third-order valence-corrected chi connectivity index (χ3v) is 6.47. The van der Waals surface area contributed by atoms with Crippen LogP contribution in [0.2, 0.25) is 0 Å². The van der Waals surface area contributed by atoms with Crippen molar-refractivity contribution in [1.29, 1.82) is 0 Å². The Balaban J connectivity index is 1.27. The number of piperazine rings is 1. The van der Waals surface area contributed by atoms with Crippen molar-refractivity contribution in [3.8, 4) is 11.3 Å². The second-order valence-electron chi connectivity index (χ2n) is 8.52. The Labute approximate surface area is 188 Å². The van der Waals surface area contributed by atoms with E-state index in [1.165, 1.54) is 18.9 Å². The summed E-state index contributed by atoms with van der Waals surface area (Å²) in [5, 5.41) is 0. The Hall–Kier alpha value is -2.81. The quantitative estimate of drug-likeness (QED) is 0.610. The number of hydrogen-bond acceptors (Lipinski definition) is 7. The number of aromatic nitrogens is 3. The Kier molecular flexibility index (Phi) is 7.14. The average Bonchev–Trinajstić information content (AvgIpc) is 2.79. The molecule has 9 heteroatoms. The lowest BCUT2D eigenvalue weighted by molar-refractivity contribution is 0.0621. The summed E-state index contributed by atoms with van der Waals surface area (Å²) < 4.78 is 19.0. The lowest BCUT2D eigenvalue weighted by Crippen LogP contribution is -2.54. The highest BCUT2D eigenvalue weighted by Crippen LogP contribution is 2.35. The third-order valence-electron chi connectivity index (χ3n) is 6.47. The number of hydrogen-bond donors (Lipinski definition) is 0. The topological polar surface area (TPSA) is 74.7 Å². The van der Waals surface area contributed by atoms with Crippen LogP contribution in [0.5, 0.6) is 0 Å². The monoisotopic (exact) mass is 442 g/mol. The van der Waals surface area contributed by atoms with Crippen molar-refractivity contribution in [3.05, 3.63) is 36.7 Å². The standard InChI is InChI=1S/C23H31FN6O2/c1-3-32-23(31)28(2)9-6-17-14-18(15-17)29-10-12-30(13-11-29)22-19(4-5-21(24)27-22)20-16-25-7-8-26-20/h4-5,7-8,16-18H,3,6,9-15H2,1-2H3/t17-,18+. The first-order valence-electron chi connectivity index (χ1n) is 11.3. The maximum Gasteiger partial charge on any atom is 0.409 e. The van der Waals surface area contributed by atoms with Crippen LogP contribution in [0, 0.1) is 11.9 Å². The zero-order valence-corrected chi connectivity index (χ0v) is 18.8. The number of amides is 1. The number of pyridine rings is 1. The summed E-state index contributed by atoms with van der Waals surface area (Å²) in [6.45, 7) is 6.43. The number of carbonyl (C=O) groups excluding carboxylic acids is 1. The maximum atomic E-state index is 13.9. The fraction of sp³-hybridized carbons (Fsp3) is 0.565. The van der Waals surface area contributed by atoms with E-state index in [1.54, 1.807) is 36.6 Å². The summed E-state index contributed by atoms with van der Waals surface area (Å²) in [6.07, 6.45) is 8.05. The lowest BCUT2D eigenvalue weighted by atomic mass is 9.77. The highest BCUT2D eigenvalue weighted by atomic mass is 19.1. The third kappa shape index (κ3) is 5.15. The number of ether oxygens (including phenoxy) is 1. The molecule has 2 aromatic rings. The Morgan fingerprint density at radius 3 is 2.69 bits per heavy atom. The van der Waals surface area contributed by atoms with Crippen molar-refractivity contribution in [3.63, 3.8) is 0 Å². The molecule has 0 aromatic carbocycles. The van der Waals surface area contributed by atoms with Crippen LogP contribution in [0.25, 0.3) is 11.3 Å². The SMILES string of the molecule is CCOC(=O)N(C)CC[C@H]1C[C@@H](N2CCN(c3nc(F)ccc3-c3cnccn3)CC2)C1. The largest absolute Gasteiger partial charge is 0.450 e. The molecule has 3 heterocycles. The van der Waals surface area contributed by atoms with Gasteiger partial charge in [0, 0.05) is 63.8 Å². The maximum absolute atomic E-state index is 13.9. The molecule has 0 spiro atoms. The van der Waals surface area contributed by atoms with E-state index >= 15 is 0 Å². The van der Waals surface area contributed by atoms with E-state index in [-0.39, 0.29) is 6.09 Å². The molecule has 8 nitrogen and oxygen atoms in total. The van der Waals surface area contributed by atoms with Gasteiger partial charge >= 0.3 is 6.09 Å². The molecule has 0 unspecified atom stereocenters. The molecule has 0 radical (unpaired) electrons. The second-order valence-corrected chi connectivity index (χ2v) is 8.52. The van der Waals surface area contributed by atoms with Crippen LogP contribution in [0.15, 0.2) is 30.7 Å². The minimum absolute atomic E-state index is 0.244. The van der Waals surface area contributed by atoms with Crippen LogP contribution in [0.4, 0.5) is 15.0 Å². The molecule has 1 amide bonds. The van der Waals surface area contributed by atoms with E-state index in [4.69, 9.17) is 4.74 Å². The predicted octanol–water partition coefficient (Wildman–Crippen LogP) is 3.06. The van der Waals surface area contributed by atoms with Crippen molar-refractivity contribution >= 4 is 11.9 Å². The van der Waals surface area contributed by atoms with E-state index in [2.05, 4.69) is 24.8 Å². The van der Waals surface area contributed by atoms with Gasteiger partial charge in [0.2, 0.25) is 5.95 Å². The summed E-state index contributed by atoms with van der Waals surface area (Å²) in [4.78, 5) is 30.7. The summed E-state index contributed by atoms with van der Waals surface area (Å²) in [7, 11) is 1.79. The normalized spacial score (nSPS) is 21.2. The zero-order valence-electron chi connectivity index (χ0n) is 18.8. The van der Waals surface area contributed by atoms with Crippen molar-refractivity contribution < 1.29 is 13.9 Å². The molecule has 0 N–H and O–H groups in total. The van der Waals surface area contributed by atoms with Crippen LogP contribution in [-0.4, -0.2) is 83.3 Å². The van der Waals surface area contributed by atoms with Gasteiger partial charge in [-0.05, 0) is 44.2 Å². The van der Waals surface area contributed by atoms with E-state index in [1.807, 2.05) is 6.92 Å². The van der Waals surface area contributed by atoms with E-state index in [0.29, 0.717) is 30.1 Å². The zero-order chi connectivity index (χ0) is 22.5. The summed E-state index contributed by atoms with van der Waals surface area (Å²) in [5.41, 5.74) is 1.51. The molecule has 1 aliphatic heterocycles. The van der Waals surface area contributed by atoms with E-state index in [0.717, 1.165) is 44.7 Å². The fourth-order valence-electron chi connectivity index (χ4n) is 4.54. The Morgan fingerprint density at radius 1 is 1.22 bits per heavy atom. The number of rotatable bonds is 7. The van der Waals surface area contributed by atoms with Gasteiger partial charge in [-0.1, -0.05) is 0 Å². The molecular formula is C23H31FN6O2. The summed E-state index contributed by atoms with van der Waals surface area (Å²) in [6, 6.07) is 3.70. The van der Waals surface area contributed by atoms with E-state index < -0.39 is 5.95 Å². The second kappa shape index (κ2) is 10.2. The molecule has 2 fully saturated rings. The van der Waals surface area contributed by atoms with Crippen molar-refractivity contribution in [2.24, 2.45) is 5.92 Å².